The van der Waals surface area contributed by atoms with Gasteiger partial charge in [-0.25, -0.2) is 22.7 Å². The van der Waals surface area contributed by atoms with Crippen LogP contribution in [0.5, 0.6) is 0 Å². The number of halogens is 1. The molecule has 1 aromatic carbocycles. The van der Waals surface area contributed by atoms with Crippen molar-refractivity contribution in [2.75, 3.05) is 13.2 Å². The lowest BCUT2D eigenvalue weighted by Gasteiger charge is -2.08. The van der Waals surface area contributed by atoms with E-state index in [1.54, 1.807) is 22.6 Å². The minimum atomic E-state index is -3.88. The van der Waals surface area contributed by atoms with Gasteiger partial charge in [-0.1, -0.05) is 0 Å². The summed E-state index contributed by atoms with van der Waals surface area (Å²) in [6.45, 7) is -0.385. The van der Waals surface area contributed by atoms with Crippen LogP contribution < -0.4 is 10.5 Å². The summed E-state index contributed by atoms with van der Waals surface area (Å²) in [5.74, 6) is -1.22. The molecule has 1 rings (SSSR count). The fourth-order valence-corrected chi connectivity index (χ4v) is 2.85. The van der Waals surface area contributed by atoms with Gasteiger partial charge in [-0.05, 0) is 40.8 Å². The first-order valence-electron chi connectivity index (χ1n) is 5.19. The predicted molar refractivity (Wildman–Crippen MR) is 76.8 cm³/mol. The van der Waals surface area contributed by atoms with Gasteiger partial charge in [-0.2, -0.15) is 0 Å². The molecule has 0 atom stereocenters. The van der Waals surface area contributed by atoms with Crippen LogP contribution in [0.25, 0.3) is 0 Å². The summed E-state index contributed by atoms with van der Waals surface area (Å²) in [6, 6.07) is 3.73. The quantitative estimate of drug-likeness (QED) is 0.455. The highest BCUT2D eigenvalue weighted by atomic mass is 127. The number of aromatic carboxylic acids is 1. The lowest BCUT2D eigenvalue weighted by molar-refractivity contribution is 0.0695. The minimum absolute atomic E-state index is 0.109. The van der Waals surface area contributed by atoms with Crippen molar-refractivity contribution >= 4 is 44.7 Å². The van der Waals surface area contributed by atoms with Crippen LogP contribution in [-0.2, 0) is 14.8 Å². The fraction of sp³-hybridized carbons (Fsp3) is 0.200. The molecule has 110 valence electrons. The highest BCUT2D eigenvalue weighted by Gasteiger charge is 2.17. The number of ether oxygens (including phenoxy) is 1. The maximum Gasteiger partial charge on any atom is 0.404 e. The average molecular weight is 414 g/mol. The first-order valence-corrected chi connectivity index (χ1v) is 7.75. The molecule has 0 spiro atoms. The molecule has 10 heteroatoms. The number of carboxylic acid groups (broad SMARTS) is 1. The molecule has 1 amide bonds. The van der Waals surface area contributed by atoms with Gasteiger partial charge in [0.25, 0.3) is 0 Å². The monoisotopic (exact) mass is 414 g/mol. The summed E-state index contributed by atoms with van der Waals surface area (Å²) in [6.07, 6.45) is -1.01. The van der Waals surface area contributed by atoms with E-state index in [4.69, 9.17) is 10.8 Å². The van der Waals surface area contributed by atoms with Crippen LogP contribution in [0.4, 0.5) is 4.79 Å². The standard InChI is InChI=1S/C10H11IN2O6S/c11-8-2-1-6(5-7(8)9(14)15)20(17,18)13-3-4-19-10(12)16/h1-2,5,13H,3-4H2,(H2,12,16)(H,14,15). The Morgan fingerprint density at radius 1 is 1.40 bits per heavy atom. The Bertz CT molecular complexity index is 631. The number of carbonyl (C=O) groups is 2. The Hall–Kier alpha value is -1.40. The van der Waals surface area contributed by atoms with E-state index >= 15 is 0 Å². The first-order chi connectivity index (χ1) is 9.24. The molecule has 8 nitrogen and oxygen atoms in total. The second-order valence-corrected chi connectivity index (χ2v) is 6.44. The van der Waals surface area contributed by atoms with E-state index in [0.717, 1.165) is 6.07 Å². The minimum Gasteiger partial charge on any atom is -0.478 e. The van der Waals surface area contributed by atoms with E-state index in [0.29, 0.717) is 3.57 Å². The Balaban J connectivity index is 2.85. The van der Waals surface area contributed by atoms with E-state index in [-0.39, 0.29) is 23.6 Å². The van der Waals surface area contributed by atoms with Crippen molar-refractivity contribution in [1.82, 2.24) is 4.72 Å². The van der Waals surface area contributed by atoms with Crippen LogP contribution in [0, 0.1) is 3.57 Å². The smallest absolute Gasteiger partial charge is 0.404 e. The summed E-state index contributed by atoms with van der Waals surface area (Å²) in [7, 11) is -3.88. The van der Waals surface area contributed by atoms with E-state index in [1.807, 2.05) is 0 Å². The molecule has 0 unspecified atom stereocenters. The van der Waals surface area contributed by atoms with Crippen molar-refractivity contribution in [2.24, 2.45) is 5.73 Å². The third kappa shape index (κ3) is 4.61. The van der Waals surface area contributed by atoms with E-state index in [1.165, 1.54) is 12.1 Å². The normalized spacial score (nSPS) is 11.1. The second-order valence-electron chi connectivity index (χ2n) is 3.51. The Morgan fingerprint density at radius 2 is 2.05 bits per heavy atom. The van der Waals surface area contributed by atoms with E-state index in [2.05, 4.69) is 9.46 Å². The second kappa shape index (κ2) is 6.85. The van der Waals surface area contributed by atoms with Gasteiger partial charge in [0.15, 0.2) is 0 Å². The van der Waals surface area contributed by atoms with Crippen LogP contribution in [0.1, 0.15) is 10.4 Å². The van der Waals surface area contributed by atoms with Gasteiger partial charge in [0.2, 0.25) is 10.0 Å². The number of amides is 1. The number of nitrogens with two attached hydrogens (primary N) is 1. The van der Waals surface area contributed by atoms with Gasteiger partial charge in [-0.15, -0.1) is 0 Å². The molecule has 0 aliphatic carbocycles. The molecular formula is C10H11IN2O6S. The van der Waals surface area contributed by atoms with Gasteiger partial charge in [0, 0.05) is 10.1 Å². The number of nitrogens with one attached hydrogen (secondary N) is 1. The van der Waals surface area contributed by atoms with Gasteiger partial charge >= 0.3 is 12.1 Å². The molecule has 0 heterocycles. The molecule has 1 aromatic rings. The third-order valence-corrected chi connectivity index (χ3v) is 4.52. The Kier molecular flexibility index (Phi) is 5.71. The Morgan fingerprint density at radius 3 is 2.60 bits per heavy atom. The maximum atomic E-state index is 11.9. The molecule has 0 saturated heterocycles. The molecule has 4 N–H and O–H groups in total. The number of primary amides is 1. The molecule has 0 aliphatic rings. The molecule has 0 fully saturated rings. The predicted octanol–water partition coefficient (Wildman–Crippen LogP) is 0.363. The molecule has 0 bridgehead atoms. The summed E-state index contributed by atoms with van der Waals surface area (Å²) in [4.78, 5) is 21.1. The molecule has 0 aliphatic heterocycles. The van der Waals surface area contributed by atoms with Crippen LogP contribution in [0.15, 0.2) is 23.1 Å². The first kappa shape index (κ1) is 16.7. The van der Waals surface area contributed by atoms with Crippen molar-refractivity contribution in [2.45, 2.75) is 4.90 Å². The van der Waals surface area contributed by atoms with Gasteiger partial charge in [0.1, 0.15) is 6.61 Å². The van der Waals surface area contributed by atoms with Crippen molar-refractivity contribution in [3.8, 4) is 0 Å². The summed E-state index contributed by atoms with van der Waals surface area (Å²) in [5, 5.41) is 8.94. The van der Waals surface area contributed by atoms with Crippen LogP contribution >= 0.6 is 22.6 Å². The number of rotatable bonds is 6. The lowest BCUT2D eigenvalue weighted by Crippen LogP contribution is -2.29. The topological polar surface area (TPSA) is 136 Å². The zero-order valence-electron chi connectivity index (χ0n) is 10.00. The maximum absolute atomic E-state index is 11.9. The number of hydrogen-bond donors (Lipinski definition) is 3. The van der Waals surface area contributed by atoms with Crippen LogP contribution in [0.2, 0.25) is 0 Å². The molecule has 20 heavy (non-hydrogen) atoms. The zero-order chi connectivity index (χ0) is 15.3. The third-order valence-electron chi connectivity index (χ3n) is 2.12. The molecule has 0 saturated carbocycles. The highest BCUT2D eigenvalue weighted by molar-refractivity contribution is 14.1. The van der Waals surface area contributed by atoms with Crippen LogP contribution in [-0.4, -0.2) is 38.7 Å². The van der Waals surface area contributed by atoms with Gasteiger partial charge in [-0.3, -0.25) is 0 Å². The summed E-state index contributed by atoms with van der Waals surface area (Å²) in [5.41, 5.74) is 4.61. The van der Waals surface area contributed by atoms with Crippen molar-refractivity contribution in [1.29, 1.82) is 0 Å². The van der Waals surface area contributed by atoms with Gasteiger partial charge in [0.05, 0.1) is 10.5 Å². The number of benzene rings is 1. The summed E-state index contributed by atoms with van der Waals surface area (Å²) >= 11 is 1.79. The summed E-state index contributed by atoms with van der Waals surface area (Å²) < 4.78 is 30.7. The van der Waals surface area contributed by atoms with E-state index in [9.17, 15) is 18.0 Å². The van der Waals surface area contributed by atoms with Crippen molar-refractivity contribution in [3.05, 3.63) is 27.3 Å². The molecular weight excluding hydrogens is 403 g/mol. The van der Waals surface area contributed by atoms with Crippen molar-refractivity contribution in [3.63, 3.8) is 0 Å². The van der Waals surface area contributed by atoms with Crippen LogP contribution in [0.3, 0.4) is 0 Å². The van der Waals surface area contributed by atoms with E-state index < -0.39 is 22.1 Å². The zero-order valence-corrected chi connectivity index (χ0v) is 13.0. The van der Waals surface area contributed by atoms with Crippen molar-refractivity contribution < 1.29 is 27.9 Å². The molecule has 0 radical (unpaired) electrons. The number of hydrogen-bond acceptors (Lipinski definition) is 5. The number of carboxylic acids is 1. The fourth-order valence-electron chi connectivity index (χ4n) is 1.25. The SMILES string of the molecule is NC(=O)OCCNS(=O)(=O)c1ccc(I)c(C(=O)O)c1. The molecule has 0 aromatic heterocycles. The number of sulfonamides is 1. The van der Waals surface area contributed by atoms with Gasteiger partial charge < -0.3 is 15.6 Å². The highest BCUT2D eigenvalue weighted by Crippen LogP contribution is 2.17. The Labute approximate surface area is 128 Å². The average Bonchev–Trinajstić information content (AvgIpc) is 2.34. The number of carbonyl (C=O) groups excluding carboxylic acids is 1. The largest absolute Gasteiger partial charge is 0.478 e. The lowest BCUT2D eigenvalue weighted by atomic mass is 10.2.